The summed E-state index contributed by atoms with van der Waals surface area (Å²) in [7, 11) is 3.71. The first-order valence-corrected chi connectivity index (χ1v) is 12.5. The van der Waals surface area contributed by atoms with E-state index in [4.69, 9.17) is 14.2 Å². The molecule has 8 heteroatoms. The van der Waals surface area contributed by atoms with E-state index in [1.165, 1.54) is 5.56 Å². The number of hydrogen-bond donors (Lipinski definition) is 0. The van der Waals surface area contributed by atoms with Gasteiger partial charge in [0.1, 0.15) is 11.9 Å². The molecule has 1 atom stereocenters. The molecule has 35 heavy (non-hydrogen) atoms. The molecular formula is C27H39N4O4+. The lowest BCUT2D eigenvalue weighted by atomic mass is 9.88. The molecule has 1 aromatic heterocycles. The van der Waals surface area contributed by atoms with E-state index in [-0.39, 0.29) is 23.7 Å². The number of benzene rings is 1. The highest BCUT2D eigenvalue weighted by Crippen LogP contribution is 2.34. The van der Waals surface area contributed by atoms with Crippen LogP contribution in [0.25, 0.3) is 0 Å². The van der Waals surface area contributed by atoms with Crippen LogP contribution in [-0.4, -0.2) is 78.4 Å². The van der Waals surface area contributed by atoms with Gasteiger partial charge in [-0.05, 0) is 57.4 Å². The average molecular weight is 484 g/mol. The molecule has 1 aromatic carbocycles. The molecule has 1 spiro atoms. The van der Waals surface area contributed by atoms with Crippen LogP contribution < -0.4 is 9.30 Å². The van der Waals surface area contributed by atoms with Crippen LogP contribution in [0.4, 0.5) is 0 Å². The summed E-state index contributed by atoms with van der Waals surface area (Å²) in [5.74, 6) is 0.902. The van der Waals surface area contributed by atoms with E-state index in [0.717, 1.165) is 43.8 Å². The molecule has 1 amide bonds. The molecule has 1 unspecified atom stereocenters. The number of amides is 1. The zero-order valence-corrected chi connectivity index (χ0v) is 21.7. The molecule has 4 rings (SSSR count). The monoisotopic (exact) mass is 483 g/mol. The second kappa shape index (κ2) is 11.0. The van der Waals surface area contributed by atoms with E-state index in [2.05, 4.69) is 16.1 Å². The van der Waals surface area contributed by atoms with Crippen LogP contribution in [0, 0.1) is 6.92 Å². The number of methoxy groups -OCH3 is 1. The molecule has 0 bridgehead atoms. The molecule has 0 N–H and O–H groups in total. The van der Waals surface area contributed by atoms with Crippen molar-refractivity contribution in [2.45, 2.75) is 58.0 Å². The summed E-state index contributed by atoms with van der Waals surface area (Å²) in [6, 6.07) is 5.72. The highest BCUT2D eigenvalue weighted by atomic mass is 16.5. The number of hydrogen-bond acceptors (Lipinski definition) is 6. The Bertz CT molecular complexity index is 1020. The van der Waals surface area contributed by atoms with Gasteiger partial charge in [-0.1, -0.05) is 4.98 Å². The summed E-state index contributed by atoms with van der Waals surface area (Å²) in [5, 5.41) is 0. The predicted octanol–water partition coefficient (Wildman–Crippen LogP) is 2.52. The molecule has 2 fully saturated rings. The summed E-state index contributed by atoms with van der Waals surface area (Å²) in [6.45, 7) is 10.4. The fourth-order valence-corrected chi connectivity index (χ4v) is 5.23. The molecule has 2 aliphatic rings. The molecule has 190 valence electrons. The van der Waals surface area contributed by atoms with Crippen molar-refractivity contribution in [2.75, 3.05) is 39.9 Å². The highest BCUT2D eigenvalue weighted by molar-refractivity contribution is 5.94. The zero-order valence-electron chi connectivity index (χ0n) is 21.7. The molecule has 0 saturated carbocycles. The number of rotatable bonds is 7. The van der Waals surface area contributed by atoms with Crippen LogP contribution in [0.2, 0.25) is 0 Å². The van der Waals surface area contributed by atoms with Crippen molar-refractivity contribution in [3.05, 3.63) is 53.6 Å². The number of ether oxygens (including phenoxy) is 3. The van der Waals surface area contributed by atoms with Gasteiger partial charge in [0.2, 0.25) is 0 Å². The standard InChI is InChI=1S/C27H39N4O4/c1-20(2)34-25-7-6-23(12-21(25)3)26(32)31-10-8-27(9-11-31)18-30(16-24(35-27)17-33-5)15-22-13-28-19-29(4)14-22/h6-7,12-14,19-20,24H,8-11,15-18H2,1-5H3/q+1. The third-order valence-electron chi connectivity index (χ3n) is 6.75. The van der Waals surface area contributed by atoms with Crippen molar-refractivity contribution >= 4 is 5.91 Å². The molecule has 2 aromatic rings. The first-order chi connectivity index (χ1) is 16.8. The maximum Gasteiger partial charge on any atom is 0.285 e. The van der Waals surface area contributed by atoms with Crippen LogP contribution in [0.1, 0.15) is 48.2 Å². The van der Waals surface area contributed by atoms with Crippen molar-refractivity contribution in [2.24, 2.45) is 7.05 Å². The number of aromatic nitrogens is 2. The van der Waals surface area contributed by atoms with Gasteiger partial charge in [-0.2, -0.15) is 0 Å². The third kappa shape index (κ3) is 6.37. The Morgan fingerprint density at radius 1 is 1.31 bits per heavy atom. The Balaban J connectivity index is 1.42. The lowest BCUT2D eigenvalue weighted by Gasteiger charge is -2.50. The number of carbonyl (C=O) groups excluding carboxylic acids is 1. The molecule has 2 saturated heterocycles. The fraction of sp³-hybridized carbons (Fsp3) is 0.593. The minimum absolute atomic E-state index is 0.0116. The lowest BCUT2D eigenvalue weighted by molar-refractivity contribution is -0.675. The van der Waals surface area contributed by atoms with Gasteiger partial charge in [0, 0.05) is 51.0 Å². The topological polar surface area (TPSA) is 68.0 Å². The second-order valence-electron chi connectivity index (χ2n) is 10.3. The summed E-state index contributed by atoms with van der Waals surface area (Å²) < 4.78 is 19.9. The Kier molecular flexibility index (Phi) is 8.04. The van der Waals surface area contributed by atoms with Gasteiger partial charge in [0.05, 0.1) is 37.7 Å². The minimum atomic E-state index is -0.270. The van der Waals surface area contributed by atoms with Crippen molar-refractivity contribution in [1.29, 1.82) is 0 Å². The maximum absolute atomic E-state index is 13.3. The van der Waals surface area contributed by atoms with Crippen LogP contribution in [0.3, 0.4) is 0 Å². The van der Waals surface area contributed by atoms with E-state index < -0.39 is 0 Å². The first-order valence-electron chi connectivity index (χ1n) is 12.5. The van der Waals surface area contributed by atoms with E-state index in [9.17, 15) is 4.79 Å². The fourth-order valence-electron chi connectivity index (χ4n) is 5.23. The van der Waals surface area contributed by atoms with E-state index >= 15 is 0 Å². The van der Waals surface area contributed by atoms with Crippen LogP contribution in [-0.2, 0) is 23.1 Å². The average Bonchev–Trinajstić information content (AvgIpc) is 2.80. The molecule has 0 aliphatic carbocycles. The van der Waals surface area contributed by atoms with E-state index in [1.54, 1.807) is 13.4 Å². The first kappa shape index (κ1) is 25.5. The van der Waals surface area contributed by atoms with Crippen molar-refractivity contribution in [1.82, 2.24) is 14.8 Å². The smallest absolute Gasteiger partial charge is 0.285 e. The summed E-state index contributed by atoms with van der Waals surface area (Å²) in [6.07, 6.45) is 7.57. The molecule has 8 nitrogen and oxygen atoms in total. The number of aryl methyl sites for hydroxylation is 2. The molecule has 0 radical (unpaired) electrons. The van der Waals surface area contributed by atoms with Gasteiger partial charge in [-0.25, -0.2) is 4.57 Å². The molecule has 3 heterocycles. The number of carbonyl (C=O) groups is 1. The zero-order chi connectivity index (χ0) is 25.0. The van der Waals surface area contributed by atoms with Gasteiger partial charge >= 0.3 is 0 Å². The Labute approximate surface area is 208 Å². The normalized spacial score (nSPS) is 20.4. The van der Waals surface area contributed by atoms with Crippen molar-refractivity contribution in [3.8, 4) is 5.75 Å². The summed E-state index contributed by atoms with van der Waals surface area (Å²) in [5.41, 5.74) is 2.60. The minimum Gasteiger partial charge on any atom is -0.491 e. The van der Waals surface area contributed by atoms with Crippen molar-refractivity contribution < 1.29 is 23.6 Å². The highest BCUT2D eigenvalue weighted by Gasteiger charge is 2.43. The third-order valence-corrected chi connectivity index (χ3v) is 6.75. The largest absolute Gasteiger partial charge is 0.491 e. The number of morpholine rings is 1. The Morgan fingerprint density at radius 2 is 2.09 bits per heavy atom. The van der Waals surface area contributed by atoms with Crippen LogP contribution in [0.5, 0.6) is 5.75 Å². The quantitative estimate of drug-likeness (QED) is 0.564. The number of nitrogens with zero attached hydrogens (tertiary/aromatic N) is 4. The van der Waals surface area contributed by atoms with Gasteiger partial charge in [-0.3, -0.25) is 9.69 Å². The number of piperidine rings is 1. The van der Waals surface area contributed by atoms with E-state index in [0.29, 0.717) is 25.3 Å². The predicted molar refractivity (Wildman–Crippen MR) is 132 cm³/mol. The second-order valence-corrected chi connectivity index (χ2v) is 10.3. The summed E-state index contributed by atoms with van der Waals surface area (Å²) in [4.78, 5) is 22.0. The Morgan fingerprint density at radius 3 is 2.74 bits per heavy atom. The maximum atomic E-state index is 13.3. The van der Waals surface area contributed by atoms with Gasteiger partial charge in [0.25, 0.3) is 12.2 Å². The van der Waals surface area contributed by atoms with Crippen molar-refractivity contribution in [3.63, 3.8) is 0 Å². The van der Waals surface area contributed by atoms with E-state index in [1.807, 2.05) is 61.7 Å². The molecular weight excluding hydrogens is 444 g/mol. The number of likely N-dealkylation sites (tertiary alicyclic amines) is 1. The van der Waals surface area contributed by atoms with Gasteiger partial charge in [0.15, 0.2) is 0 Å². The Hall–Kier alpha value is -2.55. The summed E-state index contributed by atoms with van der Waals surface area (Å²) >= 11 is 0. The SMILES string of the molecule is COCC1CN(Cc2cnc[n+](C)c2)CC2(CCN(C(=O)c3ccc(OC(C)C)c(C)c3)CC2)O1. The molecule has 2 aliphatic heterocycles. The van der Waals surface area contributed by atoms with Gasteiger partial charge < -0.3 is 19.1 Å². The van der Waals surface area contributed by atoms with Crippen LogP contribution in [0.15, 0.2) is 36.9 Å². The lowest BCUT2D eigenvalue weighted by Crippen LogP contribution is -2.60. The van der Waals surface area contributed by atoms with Gasteiger partial charge in [-0.15, -0.1) is 0 Å². The van der Waals surface area contributed by atoms with Crippen LogP contribution >= 0.6 is 0 Å².